The molecule has 1 amide bonds. The molecule has 1 aromatic heterocycles. The molecule has 2 N–H and O–H groups in total. The highest BCUT2D eigenvalue weighted by Gasteiger charge is 2.12. The van der Waals surface area contributed by atoms with Crippen LogP contribution in [0.4, 0.5) is 0 Å². The molecule has 0 unspecified atom stereocenters. The van der Waals surface area contributed by atoms with Crippen LogP contribution in [0.15, 0.2) is 30.5 Å². The van der Waals surface area contributed by atoms with Crippen LogP contribution in [-0.4, -0.2) is 28.5 Å². The number of nitrogens with zero attached hydrogens (tertiary/aromatic N) is 1. The summed E-state index contributed by atoms with van der Waals surface area (Å²) in [5.41, 5.74) is 0.163. The molecule has 0 saturated carbocycles. The van der Waals surface area contributed by atoms with Gasteiger partial charge in [0.25, 0.3) is 5.91 Å². The first-order valence-corrected chi connectivity index (χ1v) is 5.50. The molecule has 0 radical (unpaired) electrons. The maximum Gasteiger partial charge on any atom is 0.322 e. The number of hydrogen-bond acceptors (Lipinski definition) is 3. The average molecular weight is 265 g/mol. The summed E-state index contributed by atoms with van der Waals surface area (Å²) in [6, 6.07) is 6.86. The molecule has 2 aromatic rings. The van der Waals surface area contributed by atoms with E-state index in [0.717, 1.165) is 5.39 Å². The Hall–Kier alpha value is -2.14. The lowest BCUT2D eigenvalue weighted by Crippen LogP contribution is -2.30. The molecule has 0 atom stereocenters. The van der Waals surface area contributed by atoms with Crippen LogP contribution in [-0.2, 0) is 4.79 Å². The molecular formula is C12H9ClN2O3. The molecule has 1 aromatic carbocycles. The van der Waals surface area contributed by atoms with E-state index >= 15 is 0 Å². The molecule has 0 aliphatic carbocycles. The van der Waals surface area contributed by atoms with Crippen molar-refractivity contribution in [3.8, 4) is 0 Å². The van der Waals surface area contributed by atoms with Crippen LogP contribution >= 0.6 is 11.6 Å². The molecule has 92 valence electrons. The van der Waals surface area contributed by atoms with Crippen LogP contribution in [0.25, 0.3) is 10.8 Å². The fourth-order valence-electron chi connectivity index (χ4n) is 1.56. The average Bonchev–Trinajstić information content (AvgIpc) is 2.35. The summed E-state index contributed by atoms with van der Waals surface area (Å²) < 4.78 is 0. The summed E-state index contributed by atoms with van der Waals surface area (Å²) in [4.78, 5) is 26.2. The number of carbonyl (C=O) groups excluding carboxylic acids is 1. The Labute approximate surface area is 107 Å². The zero-order chi connectivity index (χ0) is 13.1. The number of carboxylic acids is 1. The highest BCUT2D eigenvalue weighted by molar-refractivity contribution is 6.31. The van der Waals surface area contributed by atoms with Gasteiger partial charge in [-0.2, -0.15) is 0 Å². The molecule has 0 aliphatic heterocycles. The van der Waals surface area contributed by atoms with Crippen LogP contribution < -0.4 is 5.32 Å². The molecule has 1 heterocycles. The molecule has 18 heavy (non-hydrogen) atoms. The molecular weight excluding hydrogens is 256 g/mol. The van der Waals surface area contributed by atoms with E-state index in [4.69, 9.17) is 16.7 Å². The first-order valence-electron chi connectivity index (χ1n) is 5.12. The SMILES string of the molecule is O=C(O)CNC(=O)c1nccc2ccc(Cl)cc12. The lowest BCUT2D eigenvalue weighted by Gasteiger charge is -2.05. The second-order valence-electron chi connectivity index (χ2n) is 3.60. The lowest BCUT2D eigenvalue weighted by molar-refractivity contribution is -0.135. The molecule has 0 fully saturated rings. The Morgan fingerprint density at radius 2 is 2.11 bits per heavy atom. The first-order chi connectivity index (χ1) is 8.58. The van der Waals surface area contributed by atoms with E-state index in [-0.39, 0.29) is 5.69 Å². The highest BCUT2D eigenvalue weighted by atomic mass is 35.5. The number of aliphatic carboxylic acids is 1. The predicted molar refractivity (Wildman–Crippen MR) is 66.7 cm³/mol. The second-order valence-corrected chi connectivity index (χ2v) is 4.04. The number of pyridine rings is 1. The Kier molecular flexibility index (Phi) is 3.43. The van der Waals surface area contributed by atoms with E-state index < -0.39 is 18.4 Å². The fraction of sp³-hybridized carbons (Fsp3) is 0.0833. The number of fused-ring (bicyclic) bond motifs is 1. The third-order valence-electron chi connectivity index (χ3n) is 2.34. The van der Waals surface area contributed by atoms with Gasteiger partial charge in [0, 0.05) is 16.6 Å². The molecule has 0 bridgehead atoms. The summed E-state index contributed by atoms with van der Waals surface area (Å²) in [7, 11) is 0. The summed E-state index contributed by atoms with van der Waals surface area (Å²) in [6.07, 6.45) is 1.49. The van der Waals surface area contributed by atoms with Gasteiger partial charge >= 0.3 is 5.97 Å². The van der Waals surface area contributed by atoms with Crippen molar-refractivity contribution in [1.29, 1.82) is 0 Å². The van der Waals surface area contributed by atoms with E-state index in [9.17, 15) is 9.59 Å². The maximum absolute atomic E-state index is 11.8. The van der Waals surface area contributed by atoms with Crippen molar-refractivity contribution < 1.29 is 14.7 Å². The Morgan fingerprint density at radius 3 is 2.83 bits per heavy atom. The predicted octanol–water partition coefficient (Wildman–Crippen LogP) is 1.70. The van der Waals surface area contributed by atoms with Gasteiger partial charge in [0.2, 0.25) is 0 Å². The van der Waals surface area contributed by atoms with E-state index in [2.05, 4.69) is 10.3 Å². The van der Waals surface area contributed by atoms with Crippen molar-refractivity contribution in [2.24, 2.45) is 0 Å². The van der Waals surface area contributed by atoms with Gasteiger partial charge in [-0.3, -0.25) is 14.6 Å². The van der Waals surface area contributed by atoms with Crippen molar-refractivity contribution in [1.82, 2.24) is 10.3 Å². The van der Waals surface area contributed by atoms with E-state index in [1.165, 1.54) is 6.20 Å². The van der Waals surface area contributed by atoms with Gasteiger partial charge in [-0.05, 0) is 23.6 Å². The van der Waals surface area contributed by atoms with Gasteiger partial charge in [0.15, 0.2) is 0 Å². The smallest absolute Gasteiger partial charge is 0.322 e. The Balaban J connectivity index is 2.40. The van der Waals surface area contributed by atoms with Gasteiger partial charge < -0.3 is 10.4 Å². The summed E-state index contributed by atoms with van der Waals surface area (Å²) in [5.74, 6) is -1.65. The van der Waals surface area contributed by atoms with Crippen molar-refractivity contribution in [2.75, 3.05) is 6.54 Å². The minimum Gasteiger partial charge on any atom is -0.480 e. The number of nitrogens with one attached hydrogen (secondary N) is 1. The Morgan fingerprint density at radius 1 is 1.33 bits per heavy atom. The second kappa shape index (κ2) is 5.01. The normalized spacial score (nSPS) is 10.3. The summed E-state index contributed by atoms with van der Waals surface area (Å²) >= 11 is 5.87. The number of rotatable bonds is 3. The molecule has 6 heteroatoms. The zero-order valence-corrected chi connectivity index (χ0v) is 9.94. The van der Waals surface area contributed by atoms with E-state index in [0.29, 0.717) is 10.4 Å². The van der Waals surface area contributed by atoms with Crippen molar-refractivity contribution in [2.45, 2.75) is 0 Å². The van der Waals surface area contributed by atoms with Gasteiger partial charge in [0.05, 0.1) is 0 Å². The summed E-state index contributed by atoms with van der Waals surface area (Å²) in [6.45, 7) is -0.447. The van der Waals surface area contributed by atoms with Crippen LogP contribution in [0.2, 0.25) is 5.02 Å². The van der Waals surface area contributed by atoms with Crippen LogP contribution in [0, 0.1) is 0 Å². The first kappa shape index (κ1) is 12.3. The fourth-order valence-corrected chi connectivity index (χ4v) is 1.73. The number of benzene rings is 1. The van der Waals surface area contributed by atoms with Crippen molar-refractivity contribution in [3.63, 3.8) is 0 Å². The maximum atomic E-state index is 11.8. The minimum absolute atomic E-state index is 0.163. The number of carboxylic acid groups (broad SMARTS) is 1. The van der Waals surface area contributed by atoms with Crippen molar-refractivity contribution in [3.05, 3.63) is 41.2 Å². The molecule has 5 nitrogen and oxygen atoms in total. The number of amides is 1. The molecule has 2 rings (SSSR count). The monoisotopic (exact) mass is 264 g/mol. The standard InChI is InChI=1S/C12H9ClN2O3/c13-8-2-1-7-3-4-14-11(9(7)5-8)12(18)15-6-10(16)17/h1-5H,6H2,(H,15,18)(H,16,17). The number of hydrogen-bond donors (Lipinski definition) is 2. The van der Waals surface area contributed by atoms with Crippen molar-refractivity contribution >= 4 is 34.2 Å². The third-order valence-corrected chi connectivity index (χ3v) is 2.58. The third kappa shape index (κ3) is 2.57. The largest absolute Gasteiger partial charge is 0.480 e. The minimum atomic E-state index is -1.11. The van der Waals surface area contributed by atoms with Crippen LogP contribution in [0.5, 0.6) is 0 Å². The number of carbonyl (C=O) groups is 2. The zero-order valence-electron chi connectivity index (χ0n) is 9.18. The molecule has 0 saturated heterocycles. The molecule has 0 aliphatic rings. The van der Waals surface area contributed by atoms with Gasteiger partial charge in [0.1, 0.15) is 12.2 Å². The van der Waals surface area contributed by atoms with E-state index in [1.807, 2.05) is 0 Å². The number of halogens is 1. The van der Waals surface area contributed by atoms with Crippen LogP contribution in [0.3, 0.4) is 0 Å². The van der Waals surface area contributed by atoms with Gasteiger partial charge in [-0.1, -0.05) is 17.7 Å². The Bertz CT molecular complexity index is 628. The quantitative estimate of drug-likeness (QED) is 0.884. The highest BCUT2D eigenvalue weighted by Crippen LogP contribution is 2.21. The summed E-state index contributed by atoms with van der Waals surface area (Å²) in [5, 5.41) is 12.7. The number of aromatic nitrogens is 1. The van der Waals surface area contributed by atoms with Gasteiger partial charge in [-0.25, -0.2) is 0 Å². The van der Waals surface area contributed by atoms with E-state index in [1.54, 1.807) is 24.3 Å². The van der Waals surface area contributed by atoms with Gasteiger partial charge in [-0.15, -0.1) is 0 Å². The van der Waals surface area contributed by atoms with Crippen LogP contribution in [0.1, 0.15) is 10.5 Å². The molecule has 0 spiro atoms. The lowest BCUT2D eigenvalue weighted by atomic mass is 10.1. The topological polar surface area (TPSA) is 79.3 Å².